The second kappa shape index (κ2) is 7.32. The molecule has 138 valence electrons. The lowest BCUT2D eigenvalue weighted by Crippen LogP contribution is -2.31. The van der Waals surface area contributed by atoms with Crippen molar-refractivity contribution in [2.75, 3.05) is 12.8 Å². The fourth-order valence-corrected chi connectivity index (χ4v) is 4.72. The molecular formula is C20H20N4OS2. The van der Waals surface area contributed by atoms with Gasteiger partial charge in [-0.15, -0.1) is 11.3 Å². The molecule has 0 aliphatic heterocycles. The summed E-state index contributed by atoms with van der Waals surface area (Å²) < 4.78 is 1.15. The number of rotatable bonds is 5. The zero-order chi connectivity index (χ0) is 19.0. The number of aryl methyl sites for hydroxylation is 1. The maximum absolute atomic E-state index is 12.7. The van der Waals surface area contributed by atoms with Gasteiger partial charge >= 0.3 is 0 Å². The number of fused-ring (bicyclic) bond motifs is 2. The van der Waals surface area contributed by atoms with Gasteiger partial charge in [-0.2, -0.15) is 0 Å². The van der Waals surface area contributed by atoms with Crippen LogP contribution in [0.1, 0.15) is 23.5 Å². The summed E-state index contributed by atoms with van der Waals surface area (Å²) in [6, 6.07) is 14.1. The van der Waals surface area contributed by atoms with E-state index in [9.17, 15) is 4.79 Å². The van der Waals surface area contributed by atoms with Crippen LogP contribution >= 0.6 is 23.1 Å². The molecule has 4 aromatic rings. The topological polar surface area (TPSA) is 61.9 Å². The number of nitrogens with one attached hydrogen (secondary N) is 1. The van der Waals surface area contributed by atoms with Crippen molar-refractivity contribution >= 4 is 50.3 Å². The molecule has 27 heavy (non-hydrogen) atoms. The Balaban J connectivity index is 1.43. The number of thiazole rings is 1. The molecule has 2 aromatic carbocycles. The van der Waals surface area contributed by atoms with Crippen LogP contribution in [-0.4, -0.2) is 38.6 Å². The van der Waals surface area contributed by atoms with Gasteiger partial charge in [0, 0.05) is 7.05 Å². The first-order valence-electron chi connectivity index (χ1n) is 8.71. The highest BCUT2D eigenvalue weighted by molar-refractivity contribution is 7.99. The number of nitrogens with zero attached hydrogens (tertiary/aromatic N) is 3. The molecule has 0 saturated carbocycles. The number of H-pyrrole nitrogens is 1. The Labute approximate surface area is 165 Å². The molecular weight excluding hydrogens is 376 g/mol. The largest absolute Gasteiger partial charge is 0.336 e. The van der Waals surface area contributed by atoms with Crippen molar-refractivity contribution in [2.24, 2.45) is 0 Å². The number of benzene rings is 2. The average Bonchev–Trinajstić information content (AvgIpc) is 3.27. The Morgan fingerprint density at radius 1 is 1.22 bits per heavy atom. The van der Waals surface area contributed by atoms with E-state index in [1.165, 1.54) is 17.3 Å². The standard InChI is InChI=1S/C20H20N4OS2/c1-12-8-9-14-16(10-12)23-20(22-14)26-11-18(25)24(3)13(2)19-21-15-6-4-5-7-17(15)27-19/h4-10,13H,11H2,1-3H3,(H,22,23)/t13-/m1/s1. The molecule has 1 atom stereocenters. The molecule has 0 radical (unpaired) electrons. The summed E-state index contributed by atoms with van der Waals surface area (Å²) in [5.41, 5.74) is 4.09. The number of hydrogen-bond donors (Lipinski definition) is 1. The molecule has 0 spiro atoms. The van der Waals surface area contributed by atoms with Gasteiger partial charge in [0.25, 0.3) is 0 Å². The average molecular weight is 397 g/mol. The molecule has 4 rings (SSSR count). The number of imidazole rings is 1. The third kappa shape index (κ3) is 3.70. The fraction of sp³-hybridized carbons (Fsp3) is 0.250. The van der Waals surface area contributed by atoms with Crippen molar-refractivity contribution in [2.45, 2.75) is 25.0 Å². The molecule has 0 bridgehead atoms. The van der Waals surface area contributed by atoms with E-state index in [4.69, 9.17) is 0 Å². The van der Waals surface area contributed by atoms with Crippen LogP contribution in [0.2, 0.25) is 0 Å². The van der Waals surface area contributed by atoms with Gasteiger partial charge in [0.1, 0.15) is 5.01 Å². The van der Waals surface area contributed by atoms with Crippen molar-refractivity contribution in [3.05, 3.63) is 53.0 Å². The number of hydrogen-bond acceptors (Lipinski definition) is 5. The highest BCUT2D eigenvalue weighted by Gasteiger charge is 2.21. The van der Waals surface area contributed by atoms with E-state index in [2.05, 4.69) is 34.0 Å². The molecule has 0 aliphatic carbocycles. The summed E-state index contributed by atoms with van der Waals surface area (Å²) in [6.45, 7) is 4.07. The Morgan fingerprint density at radius 3 is 2.85 bits per heavy atom. The monoisotopic (exact) mass is 396 g/mol. The summed E-state index contributed by atoms with van der Waals surface area (Å²) in [4.78, 5) is 26.9. The lowest BCUT2D eigenvalue weighted by Gasteiger charge is -2.22. The normalized spacial score (nSPS) is 12.6. The SMILES string of the molecule is Cc1ccc2nc(SCC(=O)N(C)[C@H](C)c3nc4ccccc4s3)[nH]c2c1. The van der Waals surface area contributed by atoms with Crippen LogP contribution in [0.4, 0.5) is 0 Å². The van der Waals surface area contributed by atoms with E-state index >= 15 is 0 Å². The number of aromatic amines is 1. The van der Waals surface area contributed by atoms with E-state index in [0.717, 1.165) is 31.4 Å². The highest BCUT2D eigenvalue weighted by atomic mass is 32.2. The van der Waals surface area contributed by atoms with Crippen LogP contribution in [0.15, 0.2) is 47.6 Å². The molecule has 0 unspecified atom stereocenters. The van der Waals surface area contributed by atoms with Gasteiger partial charge in [-0.05, 0) is 43.7 Å². The molecule has 1 N–H and O–H groups in total. The summed E-state index contributed by atoms with van der Waals surface area (Å²) in [7, 11) is 1.83. The molecule has 2 heterocycles. The van der Waals surface area contributed by atoms with Gasteiger partial charge < -0.3 is 9.88 Å². The summed E-state index contributed by atoms with van der Waals surface area (Å²) in [5.74, 6) is 0.397. The zero-order valence-electron chi connectivity index (χ0n) is 15.4. The lowest BCUT2D eigenvalue weighted by molar-refractivity contribution is -0.128. The number of aromatic nitrogens is 3. The third-order valence-corrected chi connectivity index (χ3v) is 6.65. The van der Waals surface area contributed by atoms with Gasteiger partial charge in [0.05, 0.1) is 33.0 Å². The summed E-state index contributed by atoms with van der Waals surface area (Å²) in [6.07, 6.45) is 0. The van der Waals surface area contributed by atoms with Gasteiger partial charge in [0.2, 0.25) is 5.91 Å². The maximum Gasteiger partial charge on any atom is 0.233 e. The van der Waals surface area contributed by atoms with E-state index in [1.54, 1.807) is 16.2 Å². The predicted octanol–water partition coefficient (Wildman–Crippen LogP) is 4.79. The highest BCUT2D eigenvalue weighted by Crippen LogP contribution is 2.29. The first kappa shape index (κ1) is 18.0. The van der Waals surface area contributed by atoms with Crippen LogP contribution in [0.5, 0.6) is 0 Å². The minimum absolute atomic E-state index is 0.0587. The van der Waals surface area contributed by atoms with Crippen molar-refractivity contribution in [3.8, 4) is 0 Å². The van der Waals surface area contributed by atoms with Crippen LogP contribution in [0.3, 0.4) is 0 Å². The number of carbonyl (C=O) groups is 1. The van der Waals surface area contributed by atoms with Gasteiger partial charge in [-0.1, -0.05) is 30.0 Å². The Bertz CT molecular complexity index is 1080. The quantitative estimate of drug-likeness (QED) is 0.493. The summed E-state index contributed by atoms with van der Waals surface area (Å²) in [5, 5.41) is 1.72. The van der Waals surface area contributed by atoms with Crippen molar-refractivity contribution in [1.29, 1.82) is 0 Å². The van der Waals surface area contributed by atoms with Crippen molar-refractivity contribution < 1.29 is 4.79 Å². The van der Waals surface area contributed by atoms with Crippen LogP contribution in [-0.2, 0) is 4.79 Å². The summed E-state index contributed by atoms with van der Waals surface area (Å²) >= 11 is 3.07. The molecule has 0 saturated heterocycles. The number of para-hydroxylation sites is 1. The Kier molecular flexibility index (Phi) is 4.88. The Morgan fingerprint density at radius 2 is 2.04 bits per heavy atom. The molecule has 2 aromatic heterocycles. The first-order valence-corrected chi connectivity index (χ1v) is 10.5. The van der Waals surface area contributed by atoms with Crippen molar-refractivity contribution in [1.82, 2.24) is 19.9 Å². The molecule has 0 aliphatic rings. The minimum Gasteiger partial charge on any atom is -0.336 e. The smallest absolute Gasteiger partial charge is 0.233 e. The second-order valence-electron chi connectivity index (χ2n) is 6.55. The van der Waals surface area contributed by atoms with E-state index in [0.29, 0.717) is 5.75 Å². The minimum atomic E-state index is -0.0613. The first-order chi connectivity index (χ1) is 13.0. The van der Waals surface area contributed by atoms with Crippen LogP contribution in [0, 0.1) is 6.92 Å². The number of carbonyl (C=O) groups excluding carboxylic acids is 1. The van der Waals surface area contributed by atoms with E-state index < -0.39 is 0 Å². The number of amides is 1. The van der Waals surface area contributed by atoms with E-state index in [1.807, 2.05) is 44.3 Å². The van der Waals surface area contributed by atoms with Crippen LogP contribution < -0.4 is 0 Å². The van der Waals surface area contributed by atoms with Gasteiger partial charge in [-0.25, -0.2) is 9.97 Å². The zero-order valence-corrected chi connectivity index (χ0v) is 17.0. The lowest BCUT2D eigenvalue weighted by atomic mass is 10.2. The molecule has 7 heteroatoms. The van der Waals surface area contributed by atoms with Crippen LogP contribution in [0.25, 0.3) is 21.3 Å². The maximum atomic E-state index is 12.7. The third-order valence-electron chi connectivity index (χ3n) is 4.59. The molecule has 1 amide bonds. The fourth-order valence-electron chi connectivity index (χ4n) is 2.85. The number of thioether (sulfide) groups is 1. The molecule has 0 fully saturated rings. The van der Waals surface area contributed by atoms with Crippen molar-refractivity contribution in [3.63, 3.8) is 0 Å². The van der Waals surface area contributed by atoms with Gasteiger partial charge in [0.15, 0.2) is 5.16 Å². The Hall–Kier alpha value is -2.38. The second-order valence-corrected chi connectivity index (χ2v) is 8.58. The van der Waals surface area contributed by atoms with Gasteiger partial charge in [-0.3, -0.25) is 4.79 Å². The predicted molar refractivity (Wildman–Crippen MR) is 112 cm³/mol. The molecule has 5 nitrogen and oxygen atoms in total. The van der Waals surface area contributed by atoms with E-state index in [-0.39, 0.29) is 11.9 Å².